The highest BCUT2D eigenvalue weighted by molar-refractivity contribution is 7.91. The van der Waals surface area contributed by atoms with Gasteiger partial charge in [0, 0.05) is 19.1 Å². The Balaban J connectivity index is 1.79. The molecular weight excluding hydrogens is 350 g/mol. The van der Waals surface area contributed by atoms with E-state index in [-0.39, 0.29) is 17.5 Å². The van der Waals surface area contributed by atoms with E-state index in [0.717, 1.165) is 25.7 Å². The minimum atomic E-state index is -3.17. The first-order valence-electron chi connectivity index (χ1n) is 8.36. The normalized spacial score (nSPS) is 26.8. The van der Waals surface area contributed by atoms with E-state index in [4.69, 9.17) is 0 Å². The molecule has 2 saturated heterocycles. The first-order valence-corrected chi connectivity index (χ1v) is 10.2. The summed E-state index contributed by atoms with van der Waals surface area (Å²) in [6.07, 6.45) is 3.84. The van der Waals surface area contributed by atoms with Crippen molar-refractivity contribution in [3.8, 4) is 0 Å². The molecule has 3 aliphatic rings. The largest absolute Gasteiger partial charge is 0.334 e. The van der Waals surface area contributed by atoms with Gasteiger partial charge in [0.1, 0.15) is 6.54 Å². The quantitative estimate of drug-likeness (QED) is 0.480. The lowest BCUT2D eigenvalue weighted by Gasteiger charge is -2.34. The smallest absolute Gasteiger partial charge is 0.334 e. The molecule has 0 spiro atoms. The van der Waals surface area contributed by atoms with Crippen molar-refractivity contribution in [1.82, 2.24) is 14.7 Å². The van der Waals surface area contributed by atoms with Crippen molar-refractivity contribution in [2.45, 2.75) is 44.2 Å². The summed E-state index contributed by atoms with van der Waals surface area (Å²) in [6.45, 7) is -0.527. The van der Waals surface area contributed by atoms with Gasteiger partial charge in [-0.1, -0.05) is 12.8 Å². The maximum atomic E-state index is 12.8. The number of likely N-dealkylation sites (N-methyl/N-ethyl adjacent to an activating group) is 1. The fourth-order valence-corrected chi connectivity index (χ4v) is 5.56. The fourth-order valence-electron chi connectivity index (χ4n) is 3.85. The first-order chi connectivity index (χ1) is 11.7. The molecule has 0 bridgehead atoms. The van der Waals surface area contributed by atoms with Gasteiger partial charge in [0.25, 0.3) is 0 Å². The summed E-state index contributed by atoms with van der Waals surface area (Å²) in [5.74, 6) is -2.51. The Morgan fingerprint density at radius 1 is 1.08 bits per heavy atom. The Hall–Kier alpha value is -1.97. The average Bonchev–Trinajstić information content (AvgIpc) is 3.23. The van der Waals surface area contributed by atoms with Gasteiger partial charge in [-0.15, -0.1) is 0 Å². The zero-order valence-corrected chi connectivity index (χ0v) is 14.8. The van der Waals surface area contributed by atoms with Crippen LogP contribution in [0.2, 0.25) is 0 Å². The zero-order valence-electron chi connectivity index (χ0n) is 14.0. The van der Waals surface area contributed by atoms with Gasteiger partial charge >= 0.3 is 17.8 Å². The Morgan fingerprint density at radius 3 is 2.20 bits per heavy atom. The molecule has 3 fully saturated rings. The number of carbonyl (C=O) groups is 4. The van der Waals surface area contributed by atoms with E-state index in [1.165, 1.54) is 7.05 Å². The molecule has 0 aromatic heterocycles. The molecule has 0 N–H and O–H groups in total. The number of urea groups is 1. The van der Waals surface area contributed by atoms with E-state index in [1.54, 1.807) is 4.90 Å². The Kier molecular flexibility index (Phi) is 4.56. The summed E-state index contributed by atoms with van der Waals surface area (Å²) in [4.78, 5) is 51.1. The van der Waals surface area contributed by atoms with E-state index in [2.05, 4.69) is 0 Å². The number of nitrogens with zero attached hydrogens (tertiary/aromatic N) is 3. The lowest BCUT2D eigenvalue weighted by molar-refractivity contribution is -0.145. The maximum absolute atomic E-state index is 12.8. The average molecular weight is 371 g/mol. The fraction of sp³-hybridized carbons (Fsp3) is 0.733. The maximum Gasteiger partial charge on any atom is 0.334 e. The topological polar surface area (TPSA) is 112 Å². The van der Waals surface area contributed by atoms with Crippen molar-refractivity contribution in [2.75, 3.05) is 25.1 Å². The van der Waals surface area contributed by atoms with Crippen LogP contribution in [0.25, 0.3) is 0 Å². The number of amides is 5. The highest BCUT2D eigenvalue weighted by Crippen LogP contribution is 2.29. The summed E-state index contributed by atoms with van der Waals surface area (Å²) in [6, 6.07) is -1.33. The summed E-state index contributed by atoms with van der Waals surface area (Å²) in [7, 11) is -1.99. The van der Waals surface area contributed by atoms with Crippen molar-refractivity contribution in [2.24, 2.45) is 0 Å². The predicted molar refractivity (Wildman–Crippen MR) is 86.0 cm³/mol. The molecule has 9 nitrogen and oxygen atoms in total. The Labute approximate surface area is 145 Å². The summed E-state index contributed by atoms with van der Waals surface area (Å²) < 4.78 is 23.6. The highest BCUT2D eigenvalue weighted by atomic mass is 32.2. The second-order valence-corrected chi connectivity index (χ2v) is 9.06. The van der Waals surface area contributed by atoms with Crippen LogP contribution >= 0.6 is 0 Å². The van der Waals surface area contributed by atoms with E-state index < -0.39 is 46.2 Å². The van der Waals surface area contributed by atoms with Gasteiger partial charge in [0.05, 0.1) is 11.5 Å². The molecule has 3 rings (SSSR count). The molecule has 0 aromatic rings. The van der Waals surface area contributed by atoms with Gasteiger partial charge in [-0.2, -0.15) is 0 Å². The Morgan fingerprint density at radius 2 is 1.72 bits per heavy atom. The van der Waals surface area contributed by atoms with Crippen LogP contribution in [0.1, 0.15) is 32.1 Å². The number of carbonyl (C=O) groups excluding carboxylic acids is 4. The van der Waals surface area contributed by atoms with Gasteiger partial charge in [-0.05, 0) is 19.3 Å². The second kappa shape index (κ2) is 6.40. The lowest BCUT2D eigenvalue weighted by Crippen LogP contribution is -2.51. The van der Waals surface area contributed by atoms with Crippen LogP contribution in [0.4, 0.5) is 4.79 Å². The number of hydrogen-bond donors (Lipinski definition) is 0. The number of rotatable bonds is 4. The van der Waals surface area contributed by atoms with Crippen LogP contribution in [0, 0.1) is 0 Å². The second-order valence-electron chi connectivity index (χ2n) is 6.83. The Bertz CT molecular complexity index is 728. The molecule has 10 heteroatoms. The standard InChI is InChI=1S/C15H21N3O6S/c1-16-13(20)14(21)17(15(16)22)8-12(19)18(10-4-2-3-5-10)11-6-7-25(23,24)9-11/h10-11H,2-9H2,1H3/t11-/m1/s1. The molecular formula is C15H21N3O6S. The third-order valence-electron chi connectivity index (χ3n) is 5.15. The van der Waals surface area contributed by atoms with Crippen LogP contribution in [0.15, 0.2) is 0 Å². The first kappa shape index (κ1) is 17.8. The van der Waals surface area contributed by atoms with E-state index in [1.807, 2.05) is 0 Å². The van der Waals surface area contributed by atoms with Gasteiger partial charge < -0.3 is 4.90 Å². The molecule has 1 aliphatic carbocycles. The molecule has 138 valence electrons. The molecule has 1 atom stereocenters. The number of hydrogen-bond acceptors (Lipinski definition) is 6. The SMILES string of the molecule is CN1C(=O)C(=O)N(CC(=O)N(C2CCCC2)[C@@H]2CCS(=O)(=O)C2)C1=O. The number of sulfone groups is 1. The van der Waals surface area contributed by atoms with Gasteiger partial charge in [0.15, 0.2) is 9.84 Å². The van der Waals surface area contributed by atoms with Gasteiger partial charge in [-0.25, -0.2) is 18.1 Å². The third-order valence-corrected chi connectivity index (χ3v) is 6.90. The third kappa shape index (κ3) is 3.26. The van der Waals surface area contributed by atoms with Crippen molar-refractivity contribution in [1.29, 1.82) is 0 Å². The minimum absolute atomic E-state index is 0.0387. The molecule has 0 radical (unpaired) electrons. The summed E-state index contributed by atoms with van der Waals surface area (Å²) in [5, 5.41) is 0. The van der Waals surface area contributed by atoms with Crippen molar-refractivity contribution in [3.63, 3.8) is 0 Å². The van der Waals surface area contributed by atoms with Crippen molar-refractivity contribution < 1.29 is 27.6 Å². The lowest BCUT2D eigenvalue weighted by atomic mass is 10.1. The van der Waals surface area contributed by atoms with E-state index >= 15 is 0 Å². The molecule has 5 amide bonds. The zero-order chi connectivity index (χ0) is 18.4. The van der Waals surface area contributed by atoms with Crippen LogP contribution in [-0.4, -0.2) is 84.1 Å². The van der Waals surface area contributed by atoms with Gasteiger partial charge in [-0.3, -0.25) is 19.3 Å². The highest BCUT2D eigenvalue weighted by Gasteiger charge is 2.45. The van der Waals surface area contributed by atoms with E-state index in [9.17, 15) is 27.6 Å². The van der Waals surface area contributed by atoms with Crippen molar-refractivity contribution in [3.05, 3.63) is 0 Å². The number of imide groups is 2. The summed E-state index contributed by atoms with van der Waals surface area (Å²) in [5.41, 5.74) is 0. The molecule has 1 saturated carbocycles. The summed E-state index contributed by atoms with van der Waals surface area (Å²) >= 11 is 0. The molecule has 2 aliphatic heterocycles. The van der Waals surface area contributed by atoms with Crippen LogP contribution in [-0.2, 0) is 24.2 Å². The molecule has 2 heterocycles. The molecule has 0 unspecified atom stereocenters. The monoisotopic (exact) mass is 371 g/mol. The van der Waals surface area contributed by atoms with Gasteiger partial charge in [0.2, 0.25) is 5.91 Å². The van der Waals surface area contributed by atoms with Crippen LogP contribution in [0.5, 0.6) is 0 Å². The van der Waals surface area contributed by atoms with Crippen LogP contribution < -0.4 is 0 Å². The van der Waals surface area contributed by atoms with Crippen molar-refractivity contribution >= 4 is 33.6 Å². The predicted octanol–water partition coefficient (Wildman–Crippen LogP) is -0.635. The minimum Gasteiger partial charge on any atom is -0.334 e. The molecule has 25 heavy (non-hydrogen) atoms. The van der Waals surface area contributed by atoms with E-state index in [0.29, 0.717) is 16.2 Å². The molecule has 0 aromatic carbocycles. The van der Waals surface area contributed by atoms with Crippen LogP contribution in [0.3, 0.4) is 0 Å².